The van der Waals surface area contributed by atoms with Crippen LogP contribution >= 0.6 is 11.6 Å². The Morgan fingerprint density at radius 3 is 2.80 bits per heavy atom. The van der Waals surface area contributed by atoms with Gasteiger partial charge in [-0.05, 0) is 49.6 Å². The standard InChI is InChI=1S/C20H21ClN2O2/c1-20(8-7-17-16(19(20)24)5-6-18(21)22-17)14-3-2-4-15(13-14)23-9-11-25-12-10-23/h2-6,13H,7-12H2,1H3. The second-order valence-corrected chi connectivity index (χ2v) is 7.33. The first kappa shape index (κ1) is 16.6. The Kier molecular flexibility index (Phi) is 4.26. The maximum atomic E-state index is 13.2. The van der Waals surface area contributed by atoms with E-state index in [-0.39, 0.29) is 5.78 Å². The van der Waals surface area contributed by atoms with Crippen molar-refractivity contribution in [1.82, 2.24) is 4.98 Å². The van der Waals surface area contributed by atoms with Gasteiger partial charge in [0.05, 0.1) is 24.3 Å². The van der Waals surface area contributed by atoms with Gasteiger partial charge in [0.15, 0.2) is 5.78 Å². The molecule has 25 heavy (non-hydrogen) atoms. The number of anilines is 1. The van der Waals surface area contributed by atoms with Crippen molar-refractivity contribution in [2.75, 3.05) is 31.2 Å². The number of rotatable bonds is 2. The maximum Gasteiger partial charge on any atom is 0.174 e. The highest BCUT2D eigenvalue weighted by Crippen LogP contribution is 2.39. The molecule has 130 valence electrons. The van der Waals surface area contributed by atoms with Crippen molar-refractivity contribution in [3.63, 3.8) is 0 Å². The van der Waals surface area contributed by atoms with E-state index in [0.29, 0.717) is 10.7 Å². The van der Waals surface area contributed by atoms with Crippen molar-refractivity contribution in [3.8, 4) is 0 Å². The van der Waals surface area contributed by atoms with Gasteiger partial charge < -0.3 is 9.64 Å². The molecule has 4 rings (SSSR count). The second-order valence-electron chi connectivity index (χ2n) is 6.94. The molecule has 2 aliphatic rings. The van der Waals surface area contributed by atoms with E-state index in [1.165, 1.54) is 0 Å². The van der Waals surface area contributed by atoms with E-state index in [2.05, 4.69) is 28.1 Å². The fourth-order valence-corrected chi connectivity index (χ4v) is 3.96. The molecular formula is C20H21ClN2O2. The Morgan fingerprint density at radius 2 is 2.00 bits per heavy atom. The molecule has 0 spiro atoms. The summed E-state index contributed by atoms with van der Waals surface area (Å²) in [4.78, 5) is 19.9. The van der Waals surface area contributed by atoms with Crippen molar-refractivity contribution >= 4 is 23.1 Å². The van der Waals surface area contributed by atoms with E-state index < -0.39 is 5.41 Å². The number of benzene rings is 1. The first-order valence-corrected chi connectivity index (χ1v) is 9.09. The minimum absolute atomic E-state index is 0.136. The van der Waals surface area contributed by atoms with E-state index in [0.717, 1.165) is 56.1 Å². The Bertz CT molecular complexity index is 817. The lowest BCUT2D eigenvalue weighted by atomic mass is 9.69. The molecule has 0 radical (unpaired) electrons. The van der Waals surface area contributed by atoms with Crippen molar-refractivity contribution < 1.29 is 9.53 Å². The number of pyridine rings is 1. The molecule has 4 nitrogen and oxygen atoms in total. The van der Waals surface area contributed by atoms with Crippen LogP contribution in [0.2, 0.25) is 5.15 Å². The number of fused-ring (bicyclic) bond motifs is 1. The monoisotopic (exact) mass is 356 g/mol. The van der Waals surface area contributed by atoms with E-state index in [1.807, 2.05) is 19.1 Å². The molecular weight excluding hydrogens is 336 g/mol. The van der Waals surface area contributed by atoms with Crippen LogP contribution in [0.4, 0.5) is 5.69 Å². The number of Topliss-reactive ketones (excluding diaryl/α,β-unsaturated/α-hetero) is 1. The Morgan fingerprint density at radius 1 is 1.20 bits per heavy atom. The molecule has 0 N–H and O–H groups in total. The number of morpholine rings is 1. The normalized spacial score (nSPS) is 23.4. The lowest BCUT2D eigenvalue weighted by Crippen LogP contribution is -2.39. The average molecular weight is 357 g/mol. The summed E-state index contributed by atoms with van der Waals surface area (Å²) >= 11 is 5.98. The fourth-order valence-electron chi connectivity index (χ4n) is 3.79. The Balaban J connectivity index is 1.69. The smallest absolute Gasteiger partial charge is 0.174 e. The zero-order valence-electron chi connectivity index (χ0n) is 14.3. The van der Waals surface area contributed by atoms with Crippen LogP contribution in [0, 0.1) is 0 Å². The number of ether oxygens (including phenoxy) is 1. The summed E-state index contributed by atoms with van der Waals surface area (Å²) in [6, 6.07) is 11.9. The van der Waals surface area contributed by atoms with Crippen molar-refractivity contribution in [2.45, 2.75) is 25.2 Å². The highest BCUT2D eigenvalue weighted by molar-refractivity contribution is 6.29. The van der Waals surface area contributed by atoms with Gasteiger partial charge in [-0.25, -0.2) is 4.98 Å². The van der Waals surface area contributed by atoms with Crippen LogP contribution in [0.1, 0.15) is 35.0 Å². The lowest BCUT2D eigenvalue weighted by molar-refractivity contribution is 0.0874. The van der Waals surface area contributed by atoms with Gasteiger partial charge in [0.2, 0.25) is 0 Å². The van der Waals surface area contributed by atoms with Gasteiger partial charge in [0, 0.05) is 24.3 Å². The number of nitrogens with zero attached hydrogens (tertiary/aromatic N) is 2. The Hall–Kier alpha value is -1.91. The molecule has 5 heteroatoms. The summed E-state index contributed by atoms with van der Waals surface area (Å²) < 4.78 is 5.44. The van der Waals surface area contributed by atoms with Crippen molar-refractivity contribution in [3.05, 3.63) is 58.4 Å². The molecule has 1 unspecified atom stereocenters. The van der Waals surface area contributed by atoms with E-state index >= 15 is 0 Å². The molecule has 1 aliphatic heterocycles. The van der Waals surface area contributed by atoms with Crippen LogP contribution in [0.15, 0.2) is 36.4 Å². The number of aromatic nitrogens is 1. The van der Waals surface area contributed by atoms with Crippen LogP contribution in [0.5, 0.6) is 0 Å². The minimum atomic E-state index is -0.523. The Labute approximate surface area is 152 Å². The third-order valence-electron chi connectivity index (χ3n) is 5.41. The first-order chi connectivity index (χ1) is 12.1. The highest BCUT2D eigenvalue weighted by Gasteiger charge is 2.40. The number of ketones is 1. The largest absolute Gasteiger partial charge is 0.378 e. The molecule has 1 fully saturated rings. The van der Waals surface area contributed by atoms with Gasteiger partial charge in [-0.3, -0.25) is 4.79 Å². The predicted molar refractivity (Wildman–Crippen MR) is 98.7 cm³/mol. The second kappa shape index (κ2) is 6.43. The minimum Gasteiger partial charge on any atom is -0.378 e. The van der Waals surface area contributed by atoms with Crippen LogP contribution in [-0.2, 0) is 16.6 Å². The van der Waals surface area contributed by atoms with Gasteiger partial charge >= 0.3 is 0 Å². The summed E-state index contributed by atoms with van der Waals surface area (Å²) in [6.45, 7) is 5.32. The number of aryl methyl sites for hydroxylation is 1. The molecule has 1 aromatic carbocycles. The van der Waals surface area contributed by atoms with Crippen LogP contribution in [-0.4, -0.2) is 37.1 Å². The summed E-state index contributed by atoms with van der Waals surface area (Å²) in [5.41, 5.74) is 3.23. The van der Waals surface area contributed by atoms with Crippen molar-refractivity contribution in [1.29, 1.82) is 0 Å². The summed E-state index contributed by atoms with van der Waals surface area (Å²) in [5.74, 6) is 0.136. The number of carbonyl (C=O) groups is 1. The van der Waals surface area contributed by atoms with Crippen LogP contribution in [0.3, 0.4) is 0 Å². The highest BCUT2D eigenvalue weighted by atomic mass is 35.5. The molecule has 1 saturated heterocycles. The van der Waals surface area contributed by atoms with E-state index in [4.69, 9.17) is 16.3 Å². The molecule has 0 amide bonds. The third kappa shape index (κ3) is 2.94. The lowest BCUT2D eigenvalue weighted by Gasteiger charge is -2.35. The number of carbonyl (C=O) groups excluding carboxylic acids is 1. The SMILES string of the molecule is CC1(c2cccc(N3CCOCC3)c2)CCc2nc(Cl)ccc2C1=O. The summed E-state index contributed by atoms with van der Waals surface area (Å²) in [7, 11) is 0. The van der Waals surface area contributed by atoms with E-state index in [1.54, 1.807) is 6.07 Å². The molecule has 2 heterocycles. The van der Waals surface area contributed by atoms with Crippen molar-refractivity contribution in [2.24, 2.45) is 0 Å². The summed E-state index contributed by atoms with van der Waals surface area (Å²) in [6.07, 6.45) is 1.51. The summed E-state index contributed by atoms with van der Waals surface area (Å²) in [5, 5.41) is 0.449. The number of hydrogen-bond donors (Lipinski definition) is 0. The quantitative estimate of drug-likeness (QED) is 0.770. The number of halogens is 1. The van der Waals surface area contributed by atoms with Gasteiger partial charge in [-0.15, -0.1) is 0 Å². The van der Waals surface area contributed by atoms with Crippen LogP contribution in [0.25, 0.3) is 0 Å². The third-order valence-corrected chi connectivity index (χ3v) is 5.62. The van der Waals surface area contributed by atoms with E-state index in [9.17, 15) is 4.79 Å². The average Bonchev–Trinajstić information content (AvgIpc) is 2.66. The van der Waals surface area contributed by atoms with Gasteiger partial charge in [0.25, 0.3) is 0 Å². The molecule has 2 aromatic rings. The first-order valence-electron chi connectivity index (χ1n) is 8.71. The molecule has 0 bridgehead atoms. The zero-order chi connectivity index (χ0) is 17.4. The zero-order valence-corrected chi connectivity index (χ0v) is 15.1. The van der Waals surface area contributed by atoms with Gasteiger partial charge in [-0.1, -0.05) is 23.7 Å². The van der Waals surface area contributed by atoms with Crippen LogP contribution < -0.4 is 4.90 Å². The number of hydrogen-bond acceptors (Lipinski definition) is 4. The fraction of sp³-hybridized carbons (Fsp3) is 0.400. The topological polar surface area (TPSA) is 42.4 Å². The maximum absolute atomic E-state index is 13.2. The molecule has 1 atom stereocenters. The molecule has 1 aliphatic carbocycles. The molecule has 1 aromatic heterocycles. The van der Waals surface area contributed by atoms with Gasteiger partial charge in [0.1, 0.15) is 5.15 Å². The molecule has 0 saturated carbocycles. The van der Waals surface area contributed by atoms with Gasteiger partial charge in [-0.2, -0.15) is 0 Å². The predicted octanol–water partition coefficient (Wildman–Crippen LogP) is 3.66.